The maximum absolute atomic E-state index is 11.8. The molecule has 98 valence electrons. The lowest BCUT2D eigenvalue weighted by Gasteiger charge is -2.06. The van der Waals surface area contributed by atoms with Crippen LogP contribution < -0.4 is 10.1 Å². The van der Waals surface area contributed by atoms with Crippen molar-refractivity contribution in [3.63, 3.8) is 0 Å². The zero-order valence-electron chi connectivity index (χ0n) is 10.5. The lowest BCUT2D eigenvalue weighted by atomic mass is 10.1. The van der Waals surface area contributed by atoms with Crippen molar-refractivity contribution in [2.45, 2.75) is 19.8 Å². The fourth-order valence-electron chi connectivity index (χ4n) is 1.44. The predicted octanol–water partition coefficient (Wildman–Crippen LogP) is 2.45. The highest BCUT2D eigenvalue weighted by Gasteiger charge is 2.10. The van der Waals surface area contributed by atoms with Crippen molar-refractivity contribution < 1.29 is 14.3 Å². The molecule has 0 unspecified atom stereocenters. The van der Waals surface area contributed by atoms with Crippen LogP contribution in [0.5, 0.6) is 5.75 Å². The Morgan fingerprint density at radius 2 is 2.11 bits per heavy atom. The molecular formula is C13H16ClNO3. The summed E-state index contributed by atoms with van der Waals surface area (Å²) in [6.45, 7) is 1.89. The van der Waals surface area contributed by atoms with E-state index >= 15 is 0 Å². The second-order valence-corrected chi connectivity index (χ2v) is 4.21. The van der Waals surface area contributed by atoms with Crippen LogP contribution >= 0.6 is 11.6 Å². The third-order valence-corrected chi connectivity index (χ3v) is 2.69. The molecule has 0 bridgehead atoms. The molecule has 5 heteroatoms. The second-order valence-electron chi connectivity index (χ2n) is 3.80. The number of nitrogens with one attached hydrogen (secondary N) is 1. The van der Waals surface area contributed by atoms with Gasteiger partial charge in [-0.25, -0.2) is 0 Å². The SMILES string of the molecule is CCCC(=O)NCC(=O)c1ccc(OC)c(Cl)c1. The molecule has 0 aromatic heterocycles. The normalized spacial score (nSPS) is 9.94. The molecule has 0 fully saturated rings. The van der Waals surface area contributed by atoms with Crippen LogP contribution in [0.2, 0.25) is 5.02 Å². The summed E-state index contributed by atoms with van der Waals surface area (Å²) < 4.78 is 5.00. The summed E-state index contributed by atoms with van der Waals surface area (Å²) in [5.41, 5.74) is 0.456. The molecule has 1 rings (SSSR count). The summed E-state index contributed by atoms with van der Waals surface area (Å²) >= 11 is 5.92. The van der Waals surface area contributed by atoms with Gasteiger partial charge in [0.15, 0.2) is 5.78 Å². The minimum Gasteiger partial charge on any atom is -0.495 e. The summed E-state index contributed by atoms with van der Waals surface area (Å²) in [6, 6.07) is 4.79. The van der Waals surface area contributed by atoms with Gasteiger partial charge in [0.2, 0.25) is 5.91 Å². The van der Waals surface area contributed by atoms with Crippen molar-refractivity contribution in [2.75, 3.05) is 13.7 Å². The average Bonchev–Trinajstić information content (AvgIpc) is 2.36. The smallest absolute Gasteiger partial charge is 0.220 e. The molecule has 1 N–H and O–H groups in total. The lowest BCUT2D eigenvalue weighted by molar-refractivity contribution is -0.120. The molecule has 0 atom stereocenters. The number of carbonyl (C=O) groups excluding carboxylic acids is 2. The number of hydrogen-bond acceptors (Lipinski definition) is 3. The number of ketones is 1. The van der Waals surface area contributed by atoms with E-state index in [9.17, 15) is 9.59 Å². The van der Waals surface area contributed by atoms with Crippen molar-refractivity contribution in [1.82, 2.24) is 5.32 Å². The van der Waals surface area contributed by atoms with Gasteiger partial charge in [0.25, 0.3) is 0 Å². The molecule has 0 radical (unpaired) electrons. The standard InChI is InChI=1S/C13H16ClNO3/c1-3-4-13(17)15-8-11(16)9-5-6-12(18-2)10(14)7-9/h5-7H,3-4,8H2,1-2H3,(H,15,17). The van der Waals surface area contributed by atoms with E-state index in [0.717, 1.165) is 6.42 Å². The number of ether oxygens (including phenoxy) is 1. The maximum atomic E-state index is 11.8. The maximum Gasteiger partial charge on any atom is 0.220 e. The second kappa shape index (κ2) is 7.01. The van der Waals surface area contributed by atoms with Crippen molar-refractivity contribution in [2.24, 2.45) is 0 Å². The minimum atomic E-state index is -0.177. The summed E-state index contributed by atoms with van der Waals surface area (Å²) in [5.74, 6) is 0.220. The van der Waals surface area contributed by atoms with Crippen LogP contribution in [0.4, 0.5) is 0 Å². The number of rotatable bonds is 6. The molecule has 4 nitrogen and oxygen atoms in total. The number of hydrogen-bond donors (Lipinski definition) is 1. The van der Waals surface area contributed by atoms with Gasteiger partial charge >= 0.3 is 0 Å². The van der Waals surface area contributed by atoms with Crippen molar-refractivity contribution in [1.29, 1.82) is 0 Å². The van der Waals surface area contributed by atoms with Gasteiger partial charge in [-0.05, 0) is 24.6 Å². The van der Waals surface area contributed by atoms with Gasteiger partial charge in [-0.1, -0.05) is 18.5 Å². The Morgan fingerprint density at radius 3 is 2.67 bits per heavy atom. The van der Waals surface area contributed by atoms with E-state index in [4.69, 9.17) is 16.3 Å². The van der Waals surface area contributed by atoms with Crippen LogP contribution in [0, 0.1) is 0 Å². The molecule has 1 aromatic carbocycles. The van der Waals surface area contributed by atoms with Gasteiger partial charge in [-0.3, -0.25) is 9.59 Å². The van der Waals surface area contributed by atoms with Crippen LogP contribution in [0.25, 0.3) is 0 Å². The van der Waals surface area contributed by atoms with Crippen molar-refractivity contribution >= 4 is 23.3 Å². The van der Waals surface area contributed by atoms with Crippen molar-refractivity contribution in [3.8, 4) is 5.75 Å². The zero-order valence-corrected chi connectivity index (χ0v) is 11.2. The monoisotopic (exact) mass is 269 g/mol. The van der Waals surface area contributed by atoms with Gasteiger partial charge in [0.1, 0.15) is 5.75 Å². The van der Waals surface area contributed by atoms with Crippen LogP contribution in [-0.2, 0) is 4.79 Å². The predicted molar refractivity (Wildman–Crippen MR) is 70.3 cm³/mol. The number of carbonyl (C=O) groups is 2. The molecule has 0 saturated carbocycles. The van der Waals surface area contributed by atoms with Crippen molar-refractivity contribution in [3.05, 3.63) is 28.8 Å². The first kappa shape index (κ1) is 14.5. The molecule has 0 spiro atoms. The van der Waals surface area contributed by atoms with Gasteiger partial charge in [0.05, 0.1) is 18.7 Å². The number of Topliss-reactive ketones (excluding diaryl/α,β-unsaturated/α-hetero) is 1. The molecular weight excluding hydrogens is 254 g/mol. The number of methoxy groups -OCH3 is 1. The first-order valence-corrected chi connectivity index (χ1v) is 6.09. The lowest BCUT2D eigenvalue weighted by Crippen LogP contribution is -2.29. The fourth-order valence-corrected chi connectivity index (χ4v) is 1.69. The van der Waals surface area contributed by atoms with Crippen LogP contribution in [0.3, 0.4) is 0 Å². The highest BCUT2D eigenvalue weighted by atomic mass is 35.5. The third kappa shape index (κ3) is 4.04. The Hall–Kier alpha value is -1.55. The minimum absolute atomic E-state index is 0.0124. The summed E-state index contributed by atoms with van der Waals surface area (Å²) in [5, 5.41) is 2.95. The highest BCUT2D eigenvalue weighted by Crippen LogP contribution is 2.24. The third-order valence-electron chi connectivity index (χ3n) is 2.40. The van der Waals surface area contributed by atoms with E-state index in [2.05, 4.69) is 5.32 Å². The topological polar surface area (TPSA) is 55.4 Å². The Labute approximate surface area is 111 Å². The van der Waals surface area contributed by atoms with Gasteiger partial charge in [-0.2, -0.15) is 0 Å². The number of halogens is 1. The number of benzene rings is 1. The summed E-state index contributed by atoms with van der Waals surface area (Å²) in [6.07, 6.45) is 1.19. The Kier molecular flexibility index (Phi) is 5.65. The first-order chi connectivity index (χ1) is 8.58. The largest absolute Gasteiger partial charge is 0.495 e. The zero-order chi connectivity index (χ0) is 13.5. The number of amides is 1. The van der Waals surface area contributed by atoms with E-state index in [1.807, 2.05) is 6.92 Å². The Bertz CT molecular complexity index is 446. The van der Waals surface area contributed by atoms with Gasteiger partial charge < -0.3 is 10.1 Å². The molecule has 1 amide bonds. The molecule has 0 aliphatic rings. The van der Waals surface area contributed by atoms with Gasteiger partial charge in [-0.15, -0.1) is 0 Å². The van der Waals surface area contributed by atoms with E-state index in [1.165, 1.54) is 13.2 Å². The Morgan fingerprint density at radius 1 is 1.39 bits per heavy atom. The molecule has 1 aromatic rings. The van der Waals surface area contributed by atoms with Crippen LogP contribution in [-0.4, -0.2) is 25.3 Å². The molecule has 0 aliphatic heterocycles. The quantitative estimate of drug-likeness (QED) is 0.807. The van der Waals surface area contributed by atoms with Crippen LogP contribution in [0.1, 0.15) is 30.1 Å². The van der Waals surface area contributed by atoms with Crippen LogP contribution in [0.15, 0.2) is 18.2 Å². The van der Waals surface area contributed by atoms with E-state index in [-0.39, 0.29) is 18.2 Å². The summed E-state index contributed by atoms with van der Waals surface area (Å²) in [7, 11) is 1.51. The van der Waals surface area contributed by atoms with E-state index in [1.54, 1.807) is 12.1 Å². The molecule has 0 aliphatic carbocycles. The van der Waals surface area contributed by atoms with E-state index in [0.29, 0.717) is 22.8 Å². The molecule has 0 saturated heterocycles. The average molecular weight is 270 g/mol. The first-order valence-electron chi connectivity index (χ1n) is 5.72. The highest BCUT2D eigenvalue weighted by molar-refractivity contribution is 6.32. The van der Waals surface area contributed by atoms with E-state index < -0.39 is 0 Å². The van der Waals surface area contributed by atoms with Gasteiger partial charge in [0, 0.05) is 12.0 Å². The Balaban J connectivity index is 2.62. The fraction of sp³-hybridized carbons (Fsp3) is 0.385. The molecule has 0 heterocycles. The molecule has 18 heavy (non-hydrogen) atoms. The summed E-state index contributed by atoms with van der Waals surface area (Å²) in [4.78, 5) is 23.0.